The number of sulfone groups is 1. The summed E-state index contributed by atoms with van der Waals surface area (Å²) >= 11 is 0. The Morgan fingerprint density at radius 2 is 1.63 bits per heavy atom. The molecular formula is C17H27F3IN3O2S. The fourth-order valence-electron chi connectivity index (χ4n) is 1.92. The average Bonchev–Trinajstić information content (AvgIpc) is 2.51. The first-order valence-corrected chi connectivity index (χ1v) is 9.92. The smallest absolute Gasteiger partial charge is 0.357 e. The molecule has 156 valence electrons. The third kappa shape index (κ3) is 8.67. The number of nitrogens with zero attached hydrogens (tertiary/aromatic N) is 1. The average molecular weight is 521 g/mol. The van der Waals surface area contributed by atoms with Crippen LogP contribution in [-0.2, 0) is 22.6 Å². The van der Waals surface area contributed by atoms with E-state index in [1.807, 2.05) is 6.92 Å². The summed E-state index contributed by atoms with van der Waals surface area (Å²) in [4.78, 5) is 4.28. The van der Waals surface area contributed by atoms with E-state index in [0.29, 0.717) is 18.1 Å². The van der Waals surface area contributed by atoms with Crippen LogP contribution in [0.25, 0.3) is 0 Å². The molecular weight excluding hydrogens is 494 g/mol. The first-order valence-electron chi connectivity index (χ1n) is 8.27. The molecule has 0 aromatic heterocycles. The largest absolute Gasteiger partial charge is 0.416 e. The summed E-state index contributed by atoms with van der Waals surface area (Å²) in [5.74, 6) is 0.373. The van der Waals surface area contributed by atoms with Crippen LogP contribution in [0.3, 0.4) is 0 Å². The maximum Gasteiger partial charge on any atom is 0.416 e. The van der Waals surface area contributed by atoms with Gasteiger partial charge in [0.05, 0.1) is 22.6 Å². The van der Waals surface area contributed by atoms with Crippen LogP contribution < -0.4 is 10.6 Å². The lowest BCUT2D eigenvalue weighted by Crippen LogP contribution is -2.41. The lowest BCUT2D eigenvalue weighted by Gasteiger charge is -2.19. The minimum atomic E-state index is -4.36. The van der Waals surface area contributed by atoms with Crippen LogP contribution in [0.5, 0.6) is 0 Å². The normalized spacial score (nSPS) is 13.1. The fourth-order valence-corrected chi connectivity index (χ4v) is 2.90. The first kappa shape index (κ1) is 26.0. The molecule has 5 nitrogen and oxygen atoms in total. The first-order chi connectivity index (χ1) is 11.9. The van der Waals surface area contributed by atoms with Crippen molar-refractivity contribution in [2.45, 2.75) is 45.2 Å². The zero-order valence-electron chi connectivity index (χ0n) is 15.9. The van der Waals surface area contributed by atoms with Gasteiger partial charge < -0.3 is 10.6 Å². The number of guanidine groups is 1. The predicted molar refractivity (Wildman–Crippen MR) is 113 cm³/mol. The Morgan fingerprint density at radius 3 is 2.07 bits per heavy atom. The lowest BCUT2D eigenvalue weighted by atomic mass is 10.1. The highest BCUT2D eigenvalue weighted by Crippen LogP contribution is 2.29. The molecule has 1 aromatic carbocycles. The number of rotatable bonds is 6. The number of nitrogens with one attached hydrogen (secondary N) is 2. The maximum atomic E-state index is 12.6. The number of benzene rings is 1. The summed E-state index contributed by atoms with van der Waals surface area (Å²) in [5.41, 5.74) is -0.0832. The van der Waals surface area contributed by atoms with Gasteiger partial charge in [0.2, 0.25) is 0 Å². The van der Waals surface area contributed by atoms with Gasteiger partial charge in [0.15, 0.2) is 15.8 Å². The molecule has 0 saturated carbocycles. The highest BCUT2D eigenvalue weighted by molar-refractivity contribution is 14.0. The second-order valence-corrected chi connectivity index (χ2v) is 9.61. The number of halogens is 4. The van der Waals surface area contributed by atoms with E-state index in [1.54, 1.807) is 20.8 Å². The van der Waals surface area contributed by atoms with Gasteiger partial charge in [-0.25, -0.2) is 13.4 Å². The number of alkyl halides is 3. The van der Waals surface area contributed by atoms with Crippen LogP contribution in [-0.4, -0.2) is 38.0 Å². The SMILES string of the molecule is CCNC(=NCc1ccc(C(F)(F)F)cc1)NCCS(=O)(=O)C(C)(C)C.I. The standard InChI is InChI=1S/C17H26F3N3O2S.HI/c1-5-21-15(22-10-11-26(24,25)16(2,3)4)23-12-13-6-8-14(9-7-13)17(18,19)20;/h6-9H,5,10-12H2,1-4H3,(H2,21,22,23);1H. The quantitative estimate of drug-likeness (QED) is 0.341. The zero-order valence-corrected chi connectivity index (χ0v) is 19.0. The van der Waals surface area contributed by atoms with Gasteiger partial charge in [-0.3, -0.25) is 0 Å². The molecule has 0 aliphatic carbocycles. The lowest BCUT2D eigenvalue weighted by molar-refractivity contribution is -0.137. The molecule has 0 radical (unpaired) electrons. The van der Waals surface area contributed by atoms with E-state index in [0.717, 1.165) is 12.1 Å². The fraction of sp³-hybridized carbons (Fsp3) is 0.588. The molecule has 0 bridgehead atoms. The summed E-state index contributed by atoms with van der Waals surface area (Å²) < 4.78 is 61.0. The highest BCUT2D eigenvalue weighted by atomic mass is 127. The van der Waals surface area contributed by atoms with E-state index in [9.17, 15) is 21.6 Å². The Labute approximate surface area is 176 Å². The molecule has 0 aliphatic heterocycles. The van der Waals surface area contributed by atoms with Gasteiger partial charge in [-0.2, -0.15) is 13.2 Å². The third-order valence-corrected chi connectivity index (χ3v) is 6.25. The highest BCUT2D eigenvalue weighted by Gasteiger charge is 2.30. The Hall–Kier alpha value is -1.04. The van der Waals surface area contributed by atoms with Crippen LogP contribution in [0.2, 0.25) is 0 Å². The van der Waals surface area contributed by atoms with E-state index >= 15 is 0 Å². The van der Waals surface area contributed by atoms with Gasteiger partial charge in [-0.15, -0.1) is 24.0 Å². The predicted octanol–water partition coefficient (Wildman–Crippen LogP) is 3.59. The molecule has 27 heavy (non-hydrogen) atoms. The van der Waals surface area contributed by atoms with Crippen molar-refractivity contribution >= 4 is 39.8 Å². The molecule has 0 aliphatic rings. The number of hydrogen-bond acceptors (Lipinski definition) is 3. The maximum absolute atomic E-state index is 12.6. The summed E-state index contributed by atoms with van der Waals surface area (Å²) in [5, 5.41) is 5.91. The molecule has 0 heterocycles. The minimum absolute atomic E-state index is 0. The molecule has 10 heteroatoms. The molecule has 0 amide bonds. The van der Waals surface area contributed by atoms with Gasteiger partial charge >= 0.3 is 6.18 Å². The topological polar surface area (TPSA) is 70.6 Å². The van der Waals surface area contributed by atoms with E-state index < -0.39 is 26.3 Å². The van der Waals surface area contributed by atoms with E-state index in [4.69, 9.17) is 0 Å². The van der Waals surface area contributed by atoms with Crippen molar-refractivity contribution in [2.75, 3.05) is 18.8 Å². The third-order valence-electron chi connectivity index (χ3n) is 3.64. The van der Waals surface area contributed by atoms with Gasteiger partial charge in [0.1, 0.15) is 0 Å². The monoisotopic (exact) mass is 521 g/mol. The van der Waals surface area contributed by atoms with Gasteiger partial charge in [0.25, 0.3) is 0 Å². The number of aliphatic imine (C=N–C) groups is 1. The molecule has 1 rings (SSSR count). The van der Waals surface area contributed by atoms with Crippen molar-refractivity contribution in [3.05, 3.63) is 35.4 Å². The van der Waals surface area contributed by atoms with E-state index in [2.05, 4.69) is 15.6 Å². The Bertz CT molecular complexity index is 712. The van der Waals surface area contributed by atoms with Crippen molar-refractivity contribution in [2.24, 2.45) is 4.99 Å². The number of hydrogen-bond donors (Lipinski definition) is 2. The molecule has 1 aromatic rings. The molecule has 0 unspecified atom stereocenters. The molecule has 0 fully saturated rings. The van der Waals surface area contributed by atoms with Gasteiger partial charge in [-0.1, -0.05) is 12.1 Å². The van der Waals surface area contributed by atoms with Crippen molar-refractivity contribution in [1.82, 2.24) is 10.6 Å². The van der Waals surface area contributed by atoms with Crippen LogP contribution in [0.1, 0.15) is 38.8 Å². The van der Waals surface area contributed by atoms with E-state index in [1.165, 1.54) is 12.1 Å². The summed E-state index contributed by atoms with van der Waals surface area (Å²) in [6.07, 6.45) is -4.36. The zero-order chi connectivity index (χ0) is 20.0. The van der Waals surface area contributed by atoms with Crippen molar-refractivity contribution in [1.29, 1.82) is 0 Å². The van der Waals surface area contributed by atoms with Crippen molar-refractivity contribution in [3.63, 3.8) is 0 Å². The van der Waals surface area contributed by atoms with Crippen LogP contribution in [0.4, 0.5) is 13.2 Å². The van der Waals surface area contributed by atoms with Crippen LogP contribution in [0.15, 0.2) is 29.3 Å². The second kappa shape index (κ2) is 10.5. The van der Waals surface area contributed by atoms with Crippen LogP contribution >= 0.6 is 24.0 Å². The van der Waals surface area contributed by atoms with Crippen LogP contribution in [0, 0.1) is 0 Å². The Balaban J connectivity index is 0.00000676. The van der Waals surface area contributed by atoms with Crippen molar-refractivity contribution in [3.8, 4) is 0 Å². The summed E-state index contributed by atoms with van der Waals surface area (Å²) in [6, 6.07) is 4.78. The molecule has 0 spiro atoms. The van der Waals surface area contributed by atoms with Crippen molar-refractivity contribution < 1.29 is 21.6 Å². The minimum Gasteiger partial charge on any atom is -0.357 e. The molecule has 0 saturated heterocycles. The molecule has 0 atom stereocenters. The summed E-state index contributed by atoms with van der Waals surface area (Å²) in [7, 11) is -3.25. The van der Waals surface area contributed by atoms with Gasteiger partial charge in [-0.05, 0) is 45.4 Å². The molecule has 2 N–H and O–H groups in total. The van der Waals surface area contributed by atoms with E-state index in [-0.39, 0.29) is 42.8 Å². The Morgan fingerprint density at radius 1 is 1.07 bits per heavy atom. The van der Waals surface area contributed by atoms with Gasteiger partial charge in [0, 0.05) is 13.1 Å². The summed E-state index contributed by atoms with van der Waals surface area (Å²) in [6.45, 7) is 7.74. The second-order valence-electron chi connectivity index (χ2n) is 6.75. The Kier molecular flexibility index (Phi) is 10.1.